The third-order valence-corrected chi connectivity index (χ3v) is 7.07. The Bertz CT molecular complexity index is 1250. The molecule has 0 atom stereocenters. The molecule has 2 aromatic rings. The predicted molar refractivity (Wildman–Crippen MR) is 133 cm³/mol. The average Bonchev–Trinajstić information content (AvgIpc) is 3.24. The predicted octanol–water partition coefficient (Wildman–Crippen LogP) is 0.330. The molecule has 2 aliphatic heterocycles. The van der Waals surface area contributed by atoms with Gasteiger partial charge in [-0.3, -0.25) is 0 Å². The van der Waals surface area contributed by atoms with Crippen LogP contribution in [0.1, 0.15) is 15.9 Å². The van der Waals surface area contributed by atoms with E-state index in [0.29, 0.717) is 39.6 Å². The minimum atomic E-state index is -3.68. The standard InChI is InChI=1S/C8H18O4.2C7H5NO3S.Ba/c1-9-3-5-11-7-8-12-6-4-10-2;2*9-7-5-3-1-2-4-6(5)12(10,11)8-7;/h3-8H2,1-2H3;2*1-4H,(H,8,9);/q;;;+2/p-2. The van der Waals surface area contributed by atoms with Gasteiger partial charge in [0, 0.05) is 31.2 Å². The molecule has 0 fully saturated rings. The molecule has 2 aromatic carbocycles. The van der Waals surface area contributed by atoms with E-state index in [1.165, 1.54) is 24.3 Å². The summed E-state index contributed by atoms with van der Waals surface area (Å²) in [5.74, 6) is -1.35. The number of carbonyl (C=O) groups excluding carboxylic acids is 1. The van der Waals surface area contributed by atoms with E-state index >= 15 is 0 Å². The average molecular weight is 680 g/mol. The molecule has 0 bridgehead atoms. The number of benzene rings is 2. The van der Waals surface area contributed by atoms with E-state index in [-0.39, 0.29) is 69.8 Å². The van der Waals surface area contributed by atoms with E-state index in [9.17, 15) is 26.7 Å². The molecule has 15 heteroatoms. The number of methoxy groups -OCH3 is 2. The molecule has 4 rings (SSSR count). The summed E-state index contributed by atoms with van der Waals surface area (Å²) in [5, 5.41) is 10.9. The number of carbonyl (C=O) groups is 1. The van der Waals surface area contributed by atoms with Crippen LogP contribution in [0.15, 0.2) is 62.7 Å². The Kier molecular flexibility index (Phi) is 15.1. The number of amides is 1. The molecule has 12 nitrogen and oxygen atoms in total. The van der Waals surface area contributed by atoms with Crippen LogP contribution in [-0.2, 0) is 39.0 Å². The summed E-state index contributed by atoms with van der Waals surface area (Å²) < 4.78 is 70.3. The number of rotatable bonds is 9. The first-order valence-corrected chi connectivity index (χ1v) is 13.4. The SMILES string of the molecule is COCCOCCOCCOC.O=C1[N-]S(=O)(=O)c2ccccc21.O=S1(=O)N=C([O-])c2ccccc21.[Ba+2]. The van der Waals surface area contributed by atoms with Crippen LogP contribution in [0, 0.1) is 0 Å². The maximum absolute atomic E-state index is 11.1. The van der Waals surface area contributed by atoms with Crippen molar-refractivity contribution in [1.29, 1.82) is 0 Å². The van der Waals surface area contributed by atoms with Crippen LogP contribution in [0.4, 0.5) is 0 Å². The zero-order valence-corrected chi connectivity index (χ0v) is 26.4. The second kappa shape index (κ2) is 16.6. The van der Waals surface area contributed by atoms with Gasteiger partial charge < -0.3 is 33.6 Å². The minimum Gasteiger partial charge on any atom is -0.858 e. The fraction of sp³-hybridized carbons (Fsp3) is 0.364. The van der Waals surface area contributed by atoms with Crippen molar-refractivity contribution in [2.45, 2.75) is 9.79 Å². The van der Waals surface area contributed by atoms with E-state index < -0.39 is 31.9 Å². The van der Waals surface area contributed by atoms with Crippen LogP contribution in [0.5, 0.6) is 0 Å². The van der Waals surface area contributed by atoms with Crippen molar-refractivity contribution in [3.05, 3.63) is 64.4 Å². The molecule has 1 amide bonds. The van der Waals surface area contributed by atoms with Gasteiger partial charge in [0.15, 0.2) is 0 Å². The molecular formula is C22H26BaN2O10S2. The Balaban J connectivity index is 0.000000274. The first kappa shape index (κ1) is 33.7. The molecular weight excluding hydrogens is 654 g/mol. The summed E-state index contributed by atoms with van der Waals surface area (Å²) in [6, 6.07) is 12.0. The van der Waals surface area contributed by atoms with E-state index in [1.807, 2.05) is 0 Å². The van der Waals surface area contributed by atoms with Crippen molar-refractivity contribution in [3.63, 3.8) is 0 Å². The first-order chi connectivity index (χ1) is 17.1. The quantitative estimate of drug-likeness (QED) is 0.266. The van der Waals surface area contributed by atoms with Crippen molar-refractivity contribution in [2.75, 3.05) is 53.9 Å². The van der Waals surface area contributed by atoms with Crippen LogP contribution in [-0.4, -0.2) is 131 Å². The molecule has 0 unspecified atom stereocenters. The van der Waals surface area contributed by atoms with Gasteiger partial charge in [0.2, 0.25) is 0 Å². The van der Waals surface area contributed by atoms with Gasteiger partial charge >= 0.3 is 48.9 Å². The molecule has 2 aliphatic rings. The van der Waals surface area contributed by atoms with Gasteiger partial charge in [-0.05, 0) is 12.1 Å². The first-order valence-electron chi connectivity index (χ1n) is 10.5. The zero-order valence-electron chi connectivity index (χ0n) is 20.4. The van der Waals surface area contributed by atoms with Gasteiger partial charge in [-0.25, -0.2) is 8.42 Å². The van der Waals surface area contributed by atoms with Gasteiger partial charge in [-0.1, -0.05) is 36.4 Å². The fourth-order valence-electron chi connectivity index (χ4n) is 2.76. The van der Waals surface area contributed by atoms with Crippen molar-refractivity contribution in [1.82, 2.24) is 0 Å². The molecule has 0 saturated heterocycles. The number of sulfonamides is 2. The monoisotopic (exact) mass is 680 g/mol. The minimum absolute atomic E-state index is 0. The van der Waals surface area contributed by atoms with E-state index in [0.717, 1.165) is 0 Å². The molecule has 0 radical (unpaired) electrons. The normalized spacial score (nSPS) is 15.4. The third kappa shape index (κ3) is 10.4. The van der Waals surface area contributed by atoms with Gasteiger partial charge in [0.25, 0.3) is 10.0 Å². The van der Waals surface area contributed by atoms with E-state index in [2.05, 4.69) is 9.12 Å². The molecule has 0 aromatic heterocycles. The molecule has 37 heavy (non-hydrogen) atoms. The van der Waals surface area contributed by atoms with Crippen LogP contribution < -0.4 is 5.11 Å². The third-order valence-electron chi connectivity index (χ3n) is 4.43. The maximum Gasteiger partial charge on any atom is 2.00 e. The van der Waals surface area contributed by atoms with E-state index in [4.69, 9.17) is 18.9 Å². The van der Waals surface area contributed by atoms with E-state index in [1.54, 1.807) is 38.5 Å². The maximum atomic E-state index is 11.1. The molecule has 2 heterocycles. The summed E-state index contributed by atoms with van der Waals surface area (Å²) in [4.78, 5) is 11.0. The number of fused-ring (bicyclic) bond motifs is 2. The molecule has 0 spiro atoms. The summed E-state index contributed by atoms with van der Waals surface area (Å²) in [7, 11) is -4.06. The smallest absolute Gasteiger partial charge is 0.858 e. The van der Waals surface area contributed by atoms with Crippen molar-refractivity contribution >= 4 is 80.7 Å². The molecule has 198 valence electrons. The summed E-state index contributed by atoms with van der Waals surface area (Å²) in [5.41, 5.74) is 0.329. The van der Waals surface area contributed by atoms with Gasteiger partial charge in [-0.2, -0.15) is 12.8 Å². The van der Waals surface area contributed by atoms with Gasteiger partial charge in [0.1, 0.15) is 10.0 Å². The molecule has 0 N–H and O–H groups in total. The largest absolute Gasteiger partial charge is 2.00 e. The number of ether oxygens (including phenoxy) is 4. The Morgan fingerprint density at radius 2 is 1.22 bits per heavy atom. The fourth-order valence-corrected chi connectivity index (χ4v) is 4.96. The molecule has 0 aliphatic carbocycles. The van der Waals surface area contributed by atoms with Crippen molar-refractivity contribution in [2.24, 2.45) is 4.40 Å². The number of hydrogen-bond acceptors (Lipinski definition) is 10. The zero-order chi connectivity index (χ0) is 26.6. The van der Waals surface area contributed by atoms with Gasteiger partial charge in [-0.15, -0.1) is 0 Å². The second-order valence-corrected chi connectivity index (χ2v) is 10.1. The topological polar surface area (TPSA) is 172 Å². The summed E-state index contributed by atoms with van der Waals surface area (Å²) >= 11 is 0. The Morgan fingerprint density at radius 3 is 1.70 bits per heavy atom. The summed E-state index contributed by atoms with van der Waals surface area (Å²) in [6.07, 6.45) is 0. The number of nitrogens with zero attached hydrogens (tertiary/aromatic N) is 2. The van der Waals surface area contributed by atoms with Crippen LogP contribution in [0.3, 0.4) is 0 Å². The van der Waals surface area contributed by atoms with Crippen LogP contribution in [0.2, 0.25) is 0 Å². The second-order valence-electron chi connectivity index (χ2n) is 6.95. The van der Waals surface area contributed by atoms with Gasteiger partial charge in [0.05, 0.1) is 55.3 Å². The molecule has 0 saturated carbocycles. The Morgan fingerprint density at radius 1 is 0.757 bits per heavy atom. The van der Waals surface area contributed by atoms with Crippen LogP contribution in [0.25, 0.3) is 4.72 Å². The Hall–Kier alpha value is -1.31. The number of hydrogen-bond donors (Lipinski definition) is 0. The summed E-state index contributed by atoms with van der Waals surface area (Å²) in [6.45, 7) is 3.77. The van der Waals surface area contributed by atoms with Crippen molar-refractivity contribution < 1.29 is 45.7 Å². The van der Waals surface area contributed by atoms with Crippen LogP contribution >= 0.6 is 0 Å². The van der Waals surface area contributed by atoms with Crippen molar-refractivity contribution in [3.8, 4) is 0 Å². The Labute approximate surface area is 256 Å².